The first kappa shape index (κ1) is 21.9. The number of carbonyl (C=O) groups is 1. The van der Waals surface area contributed by atoms with Crippen LogP contribution in [0.4, 0.5) is 0 Å². The number of Topliss-reactive ketones (excluding diaryl/α,β-unsaturated/α-hetero) is 1. The summed E-state index contributed by atoms with van der Waals surface area (Å²) in [6, 6.07) is 0. The van der Waals surface area contributed by atoms with Crippen molar-refractivity contribution in [2.75, 3.05) is 0 Å². The first-order valence-corrected chi connectivity index (χ1v) is 13.2. The first-order valence-electron chi connectivity index (χ1n) is 13.2. The van der Waals surface area contributed by atoms with Crippen molar-refractivity contribution in [2.24, 2.45) is 58.2 Å². The molecule has 0 bridgehead atoms. The Morgan fingerprint density at radius 1 is 0.862 bits per heavy atom. The number of carbonyl (C=O) groups excluding carboxylic acids is 1. The van der Waals surface area contributed by atoms with Gasteiger partial charge in [-0.2, -0.15) is 0 Å². The molecule has 0 unspecified atom stereocenters. The highest BCUT2D eigenvalue weighted by atomic mass is 16.1. The van der Waals surface area contributed by atoms with Crippen LogP contribution in [0.25, 0.3) is 0 Å². The molecular weight excluding hydrogens is 352 g/mol. The Kier molecular flexibility index (Phi) is 6.02. The summed E-state index contributed by atoms with van der Waals surface area (Å²) >= 11 is 0. The lowest BCUT2D eigenvalue weighted by Crippen LogP contribution is -2.53. The molecular formula is C28H48O. The molecule has 4 aliphatic carbocycles. The molecule has 29 heavy (non-hydrogen) atoms. The summed E-state index contributed by atoms with van der Waals surface area (Å²) in [5.74, 6) is 7.60. The Morgan fingerprint density at radius 3 is 2.31 bits per heavy atom. The van der Waals surface area contributed by atoms with Crippen LogP contribution in [0.2, 0.25) is 0 Å². The Bertz CT molecular complexity index is 607. The second-order valence-electron chi connectivity index (χ2n) is 12.9. The third-order valence-corrected chi connectivity index (χ3v) is 11.5. The number of hydrogen-bond acceptors (Lipinski definition) is 1. The Hall–Kier alpha value is -0.330. The average Bonchev–Trinajstić information content (AvgIpc) is 3.03. The van der Waals surface area contributed by atoms with Crippen LogP contribution in [-0.4, -0.2) is 5.78 Å². The summed E-state index contributed by atoms with van der Waals surface area (Å²) in [7, 11) is 0. The van der Waals surface area contributed by atoms with E-state index in [4.69, 9.17) is 0 Å². The second kappa shape index (κ2) is 7.98. The van der Waals surface area contributed by atoms with E-state index in [9.17, 15) is 4.79 Å². The molecule has 0 aromatic carbocycles. The summed E-state index contributed by atoms with van der Waals surface area (Å²) in [5.41, 5.74) is 1.06. The highest BCUT2D eigenvalue weighted by Crippen LogP contribution is 2.68. The molecule has 0 amide bonds. The SMILES string of the molecule is CC(C)[C@@H](C)CC[C@@H](C)[C@@H]1CC[C@@H]2[C@@H]3CC[C@H]4CC(=O)CC[C@]4(C)[C@@H]3CC[C@]21C. The predicted octanol–water partition coefficient (Wildman–Crippen LogP) is 7.92. The number of rotatable bonds is 5. The van der Waals surface area contributed by atoms with Gasteiger partial charge in [0.25, 0.3) is 0 Å². The van der Waals surface area contributed by atoms with Gasteiger partial charge in [0.15, 0.2) is 0 Å². The van der Waals surface area contributed by atoms with E-state index < -0.39 is 0 Å². The fraction of sp³-hybridized carbons (Fsp3) is 0.964. The van der Waals surface area contributed by atoms with Crippen LogP contribution in [-0.2, 0) is 4.79 Å². The third-order valence-electron chi connectivity index (χ3n) is 11.5. The fourth-order valence-corrected chi connectivity index (χ4v) is 9.08. The van der Waals surface area contributed by atoms with Crippen LogP contribution < -0.4 is 0 Å². The number of ketones is 1. The molecule has 4 fully saturated rings. The molecule has 0 radical (unpaired) electrons. The molecule has 0 aliphatic heterocycles. The maximum absolute atomic E-state index is 12.1. The van der Waals surface area contributed by atoms with Gasteiger partial charge in [-0.05, 0) is 103 Å². The van der Waals surface area contributed by atoms with E-state index >= 15 is 0 Å². The van der Waals surface area contributed by atoms with Crippen molar-refractivity contribution in [2.45, 2.75) is 112 Å². The van der Waals surface area contributed by atoms with Gasteiger partial charge in [0, 0.05) is 12.8 Å². The minimum absolute atomic E-state index is 0.467. The molecule has 0 saturated heterocycles. The molecule has 9 atom stereocenters. The van der Waals surface area contributed by atoms with Crippen molar-refractivity contribution in [1.29, 1.82) is 0 Å². The van der Waals surface area contributed by atoms with Crippen LogP contribution in [0.3, 0.4) is 0 Å². The lowest BCUT2D eigenvalue weighted by molar-refractivity contribution is -0.140. The largest absolute Gasteiger partial charge is 0.300 e. The molecule has 166 valence electrons. The van der Waals surface area contributed by atoms with Crippen molar-refractivity contribution in [1.82, 2.24) is 0 Å². The number of hydrogen-bond donors (Lipinski definition) is 0. The van der Waals surface area contributed by atoms with Gasteiger partial charge in [-0.25, -0.2) is 0 Å². The molecule has 4 saturated carbocycles. The highest BCUT2D eigenvalue weighted by Gasteiger charge is 2.60. The topological polar surface area (TPSA) is 17.1 Å². The average molecular weight is 401 g/mol. The van der Waals surface area contributed by atoms with Crippen molar-refractivity contribution in [3.63, 3.8) is 0 Å². The molecule has 4 aliphatic rings. The summed E-state index contributed by atoms with van der Waals surface area (Å²) in [5, 5.41) is 0. The van der Waals surface area contributed by atoms with Gasteiger partial charge in [0.1, 0.15) is 5.78 Å². The zero-order valence-corrected chi connectivity index (χ0v) is 20.3. The maximum atomic E-state index is 12.1. The van der Waals surface area contributed by atoms with E-state index in [1.807, 2.05) is 0 Å². The molecule has 0 heterocycles. The highest BCUT2D eigenvalue weighted by molar-refractivity contribution is 5.79. The lowest BCUT2D eigenvalue weighted by atomic mass is 9.44. The second-order valence-corrected chi connectivity index (χ2v) is 12.9. The molecule has 4 rings (SSSR count). The number of fused-ring (bicyclic) bond motifs is 5. The zero-order valence-electron chi connectivity index (χ0n) is 20.3. The van der Waals surface area contributed by atoms with Crippen molar-refractivity contribution >= 4 is 5.78 Å². The quantitative estimate of drug-likeness (QED) is 0.458. The molecule has 0 spiro atoms. The Labute approximate surface area is 181 Å². The summed E-state index contributed by atoms with van der Waals surface area (Å²) < 4.78 is 0. The molecule has 1 nitrogen and oxygen atoms in total. The van der Waals surface area contributed by atoms with Crippen LogP contribution >= 0.6 is 0 Å². The van der Waals surface area contributed by atoms with Gasteiger partial charge in [-0.15, -0.1) is 0 Å². The van der Waals surface area contributed by atoms with Crippen molar-refractivity contribution in [3.05, 3.63) is 0 Å². The van der Waals surface area contributed by atoms with E-state index in [2.05, 4.69) is 41.5 Å². The van der Waals surface area contributed by atoms with Gasteiger partial charge < -0.3 is 0 Å². The van der Waals surface area contributed by atoms with E-state index in [-0.39, 0.29) is 0 Å². The van der Waals surface area contributed by atoms with Gasteiger partial charge in [-0.3, -0.25) is 4.79 Å². The summed E-state index contributed by atoms with van der Waals surface area (Å²) in [6.07, 6.45) is 14.4. The van der Waals surface area contributed by atoms with Gasteiger partial charge in [-0.1, -0.05) is 54.4 Å². The normalized spacial score (nSPS) is 46.7. The van der Waals surface area contributed by atoms with E-state index in [1.54, 1.807) is 0 Å². The minimum Gasteiger partial charge on any atom is -0.300 e. The summed E-state index contributed by atoms with van der Waals surface area (Å²) in [4.78, 5) is 12.1. The molecule has 0 aromatic rings. The van der Waals surface area contributed by atoms with Gasteiger partial charge >= 0.3 is 0 Å². The van der Waals surface area contributed by atoms with E-state index in [0.717, 1.165) is 54.3 Å². The van der Waals surface area contributed by atoms with E-state index in [0.29, 0.717) is 22.5 Å². The fourth-order valence-electron chi connectivity index (χ4n) is 9.08. The van der Waals surface area contributed by atoms with Crippen LogP contribution in [0.5, 0.6) is 0 Å². The third kappa shape index (κ3) is 3.65. The zero-order chi connectivity index (χ0) is 21.0. The van der Waals surface area contributed by atoms with Gasteiger partial charge in [0.2, 0.25) is 0 Å². The van der Waals surface area contributed by atoms with Crippen molar-refractivity contribution in [3.8, 4) is 0 Å². The van der Waals surface area contributed by atoms with Crippen molar-refractivity contribution < 1.29 is 4.79 Å². The standard InChI is InChI=1S/C28H48O/c1-18(2)19(3)7-8-20(4)24-11-12-25-23-10-9-21-17-22(29)13-15-27(21,5)26(23)14-16-28(24,25)6/h18-21,23-26H,7-17H2,1-6H3/t19-,20+,21-,23-,24-,25+,26+,27-,28-/m0/s1. The molecule has 1 heteroatoms. The maximum Gasteiger partial charge on any atom is 0.133 e. The lowest BCUT2D eigenvalue weighted by Gasteiger charge is -2.60. The molecule has 0 aromatic heterocycles. The van der Waals surface area contributed by atoms with E-state index in [1.165, 1.54) is 57.8 Å². The van der Waals surface area contributed by atoms with Crippen LogP contribution in [0.15, 0.2) is 0 Å². The monoisotopic (exact) mass is 400 g/mol. The predicted molar refractivity (Wildman–Crippen MR) is 123 cm³/mol. The summed E-state index contributed by atoms with van der Waals surface area (Å²) in [6.45, 7) is 15.1. The van der Waals surface area contributed by atoms with Gasteiger partial charge in [0.05, 0.1) is 0 Å². The van der Waals surface area contributed by atoms with Crippen LogP contribution in [0, 0.1) is 58.2 Å². The smallest absolute Gasteiger partial charge is 0.133 e. The molecule has 0 N–H and O–H groups in total. The minimum atomic E-state index is 0.467. The Balaban J connectivity index is 1.46. The Morgan fingerprint density at radius 2 is 1.59 bits per heavy atom. The van der Waals surface area contributed by atoms with Crippen LogP contribution in [0.1, 0.15) is 112 Å². The first-order chi connectivity index (χ1) is 13.7.